The van der Waals surface area contributed by atoms with E-state index < -0.39 is 24.3 Å². The van der Waals surface area contributed by atoms with Crippen molar-refractivity contribution in [3.8, 4) is 0 Å². The summed E-state index contributed by atoms with van der Waals surface area (Å²) in [6.07, 6.45) is -1.26. The summed E-state index contributed by atoms with van der Waals surface area (Å²) in [5.41, 5.74) is 3.64. The summed E-state index contributed by atoms with van der Waals surface area (Å²) in [7, 11) is 0. The van der Waals surface area contributed by atoms with Crippen LogP contribution in [0.15, 0.2) is 77.7 Å². The second kappa shape index (κ2) is 15.5. The molecule has 1 fully saturated rings. The fourth-order valence-corrected chi connectivity index (χ4v) is 5.86. The molecule has 4 atom stereocenters. The quantitative estimate of drug-likeness (QED) is 0.168. The minimum atomic E-state index is -0.977. The molecular formula is C32H36N2O8S. The van der Waals surface area contributed by atoms with Gasteiger partial charge in [0.1, 0.15) is 6.54 Å². The molecule has 4 N–H and O–H groups in total. The molecule has 0 radical (unpaired) electrons. The van der Waals surface area contributed by atoms with Gasteiger partial charge in [-0.15, -0.1) is 11.8 Å². The van der Waals surface area contributed by atoms with Gasteiger partial charge in [-0.3, -0.25) is 4.79 Å². The van der Waals surface area contributed by atoms with Crippen LogP contribution in [-0.2, 0) is 32.2 Å². The molecule has 0 aromatic heterocycles. The Kier molecular flexibility index (Phi) is 11.6. The highest BCUT2D eigenvalue weighted by Crippen LogP contribution is 2.43. The van der Waals surface area contributed by atoms with E-state index >= 15 is 0 Å². The largest absolute Gasteiger partial charge is 0.478 e. The molecule has 3 aromatic rings. The maximum absolute atomic E-state index is 12.0. The number of amides is 2. The number of aromatic carboxylic acids is 1. The minimum absolute atomic E-state index is 0.0520. The lowest BCUT2D eigenvalue weighted by atomic mass is 9.91. The van der Waals surface area contributed by atoms with E-state index in [0.717, 1.165) is 22.3 Å². The molecule has 0 aliphatic carbocycles. The predicted octanol–water partition coefficient (Wildman–Crippen LogP) is 4.82. The monoisotopic (exact) mass is 608 g/mol. The van der Waals surface area contributed by atoms with Gasteiger partial charge < -0.3 is 35.1 Å². The Morgan fingerprint density at radius 3 is 2.26 bits per heavy atom. The average Bonchev–Trinajstić information content (AvgIpc) is 3.03. The SMILES string of the molecule is CCOC(=O)CNC(=O)NCc1ccc([C@H]2O[C@@H](CSc3ccccc3C(=O)O)[C@@H](C)[C@@H](c3ccc(CO)cc3)O2)cc1. The summed E-state index contributed by atoms with van der Waals surface area (Å²) in [6, 6.07) is 21.5. The smallest absolute Gasteiger partial charge is 0.336 e. The first kappa shape index (κ1) is 32.0. The van der Waals surface area contributed by atoms with Crippen molar-refractivity contribution in [1.29, 1.82) is 0 Å². The van der Waals surface area contributed by atoms with Crippen LogP contribution in [0.5, 0.6) is 0 Å². The van der Waals surface area contributed by atoms with Crippen molar-refractivity contribution in [2.45, 2.75) is 50.4 Å². The number of rotatable bonds is 12. The van der Waals surface area contributed by atoms with E-state index in [4.69, 9.17) is 14.2 Å². The first-order valence-electron chi connectivity index (χ1n) is 14.0. The van der Waals surface area contributed by atoms with E-state index in [2.05, 4.69) is 17.6 Å². The number of urea groups is 1. The van der Waals surface area contributed by atoms with Crippen molar-refractivity contribution in [1.82, 2.24) is 10.6 Å². The van der Waals surface area contributed by atoms with Crippen molar-refractivity contribution in [3.05, 3.63) is 101 Å². The van der Waals surface area contributed by atoms with Crippen molar-refractivity contribution < 1.29 is 38.8 Å². The number of hydrogen-bond acceptors (Lipinski definition) is 8. The van der Waals surface area contributed by atoms with Gasteiger partial charge in [0.25, 0.3) is 0 Å². The number of thioether (sulfide) groups is 1. The van der Waals surface area contributed by atoms with Crippen LogP contribution in [0.4, 0.5) is 4.79 Å². The number of carboxylic acid groups (broad SMARTS) is 1. The number of carbonyl (C=O) groups is 3. The molecule has 228 valence electrons. The van der Waals surface area contributed by atoms with Crippen LogP contribution >= 0.6 is 11.8 Å². The van der Waals surface area contributed by atoms with E-state index in [1.54, 1.807) is 25.1 Å². The van der Waals surface area contributed by atoms with Gasteiger partial charge in [0.05, 0.1) is 31.0 Å². The van der Waals surface area contributed by atoms with Crippen molar-refractivity contribution >= 4 is 29.7 Å². The zero-order chi connectivity index (χ0) is 30.8. The van der Waals surface area contributed by atoms with Crippen LogP contribution in [0, 0.1) is 5.92 Å². The van der Waals surface area contributed by atoms with E-state index in [1.165, 1.54) is 11.8 Å². The van der Waals surface area contributed by atoms with Gasteiger partial charge in [-0.05, 0) is 35.7 Å². The van der Waals surface area contributed by atoms with Gasteiger partial charge >= 0.3 is 18.0 Å². The molecule has 0 spiro atoms. The lowest BCUT2D eigenvalue weighted by Crippen LogP contribution is -2.39. The highest BCUT2D eigenvalue weighted by atomic mass is 32.2. The van der Waals surface area contributed by atoms with Gasteiger partial charge in [-0.25, -0.2) is 9.59 Å². The number of ether oxygens (including phenoxy) is 3. The number of aliphatic hydroxyl groups is 1. The molecule has 0 bridgehead atoms. The molecule has 1 saturated heterocycles. The second-order valence-electron chi connectivity index (χ2n) is 10.0. The molecule has 1 aliphatic heterocycles. The van der Waals surface area contributed by atoms with Crippen molar-refractivity contribution in [2.75, 3.05) is 18.9 Å². The third-order valence-electron chi connectivity index (χ3n) is 7.05. The second-order valence-corrected chi connectivity index (χ2v) is 11.1. The van der Waals surface area contributed by atoms with Gasteiger partial charge in [0, 0.05) is 28.7 Å². The number of benzene rings is 3. The highest BCUT2D eigenvalue weighted by Gasteiger charge is 2.38. The van der Waals surface area contributed by atoms with Gasteiger partial charge in [0.2, 0.25) is 0 Å². The third kappa shape index (κ3) is 8.80. The van der Waals surface area contributed by atoms with Crippen molar-refractivity contribution in [2.24, 2.45) is 5.92 Å². The number of carbonyl (C=O) groups excluding carboxylic acids is 2. The predicted molar refractivity (Wildman–Crippen MR) is 160 cm³/mol. The summed E-state index contributed by atoms with van der Waals surface area (Å²) in [6.45, 7) is 3.98. The number of esters is 1. The molecule has 43 heavy (non-hydrogen) atoms. The minimum Gasteiger partial charge on any atom is -0.478 e. The molecule has 1 heterocycles. The van der Waals surface area contributed by atoms with E-state index in [0.29, 0.717) is 10.6 Å². The molecule has 2 amide bonds. The molecule has 0 unspecified atom stereocenters. The molecule has 1 aliphatic rings. The van der Waals surface area contributed by atoms with Gasteiger partial charge in [-0.2, -0.15) is 0 Å². The summed E-state index contributed by atoms with van der Waals surface area (Å²) in [5.74, 6) is -1.03. The molecule has 0 saturated carbocycles. The van der Waals surface area contributed by atoms with E-state index in [-0.39, 0.29) is 50.0 Å². The first-order chi connectivity index (χ1) is 20.8. The van der Waals surface area contributed by atoms with E-state index in [9.17, 15) is 24.6 Å². The first-order valence-corrected chi connectivity index (χ1v) is 15.0. The summed E-state index contributed by atoms with van der Waals surface area (Å²) < 4.78 is 17.7. The lowest BCUT2D eigenvalue weighted by molar-refractivity contribution is -0.268. The maximum atomic E-state index is 12.0. The fourth-order valence-electron chi connectivity index (χ4n) is 4.65. The lowest BCUT2D eigenvalue weighted by Gasteiger charge is -2.41. The Hall–Kier alpha value is -3.90. The topological polar surface area (TPSA) is 143 Å². The van der Waals surface area contributed by atoms with Crippen LogP contribution < -0.4 is 10.6 Å². The number of carboxylic acids is 1. The van der Waals surface area contributed by atoms with Crippen molar-refractivity contribution in [3.63, 3.8) is 0 Å². The summed E-state index contributed by atoms with van der Waals surface area (Å²) in [5, 5.41) is 24.3. The van der Waals surface area contributed by atoms with E-state index in [1.807, 2.05) is 54.6 Å². The normalized spacial score (nSPS) is 19.8. The third-order valence-corrected chi connectivity index (χ3v) is 8.21. The average molecular weight is 609 g/mol. The van der Waals surface area contributed by atoms with Crippen LogP contribution in [0.1, 0.15) is 58.9 Å². The maximum Gasteiger partial charge on any atom is 0.336 e. The zero-order valence-corrected chi connectivity index (χ0v) is 24.8. The zero-order valence-electron chi connectivity index (χ0n) is 24.0. The van der Waals surface area contributed by atoms with Gasteiger partial charge in [0.15, 0.2) is 6.29 Å². The molecule has 11 heteroatoms. The van der Waals surface area contributed by atoms with Crippen LogP contribution in [0.3, 0.4) is 0 Å². The molecular weight excluding hydrogens is 572 g/mol. The summed E-state index contributed by atoms with van der Waals surface area (Å²) in [4.78, 5) is 35.8. The Balaban J connectivity index is 1.46. The molecule has 3 aromatic carbocycles. The Morgan fingerprint density at radius 1 is 0.907 bits per heavy atom. The Bertz CT molecular complexity index is 1380. The Morgan fingerprint density at radius 2 is 1.58 bits per heavy atom. The molecule has 10 nitrogen and oxygen atoms in total. The number of aliphatic hydroxyl groups excluding tert-OH is 1. The highest BCUT2D eigenvalue weighted by molar-refractivity contribution is 7.99. The number of nitrogens with one attached hydrogen (secondary N) is 2. The van der Waals surface area contributed by atoms with Crippen LogP contribution in [0.25, 0.3) is 0 Å². The fraction of sp³-hybridized carbons (Fsp3) is 0.344. The van der Waals surface area contributed by atoms with Crippen LogP contribution in [0.2, 0.25) is 0 Å². The molecule has 4 rings (SSSR count). The summed E-state index contributed by atoms with van der Waals surface area (Å²) >= 11 is 1.44. The standard InChI is InChI=1S/C32H36N2O8S/c1-3-40-28(36)17-34-32(39)33-16-21-8-14-24(15-9-21)31-41-26(19-43-27-7-5-4-6-25(27)30(37)38)20(2)29(42-31)23-12-10-22(18-35)11-13-23/h4-15,20,26,29,31,35H,3,16-19H2,1-2H3,(H,37,38)(H2,33,34,39)/t20-,26+,29+,31+/m1/s1. The van der Waals surface area contributed by atoms with Gasteiger partial charge in [-0.1, -0.05) is 67.6 Å². The Labute approximate surface area is 254 Å². The van der Waals surface area contributed by atoms with Crippen LogP contribution in [-0.4, -0.2) is 53.2 Å². The number of hydrogen-bond donors (Lipinski definition) is 4.